The quantitative estimate of drug-likeness (QED) is 0.659. The van der Waals surface area contributed by atoms with Crippen molar-refractivity contribution in [2.75, 3.05) is 0 Å². The number of hydrogen-bond acceptors (Lipinski definition) is 3. The summed E-state index contributed by atoms with van der Waals surface area (Å²) in [4.78, 5) is 11.1. The maximum Gasteiger partial charge on any atom is 0.303 e. The number of fused-ring (bicyclic) bond motifs is 5. The molecular formula is C24H40O4. The lowest BCUT2D eigenvalue weighted by Crippen LogP contribution is -2.58. The van der Waals surface area contributed by atoms with Crippen molar-refractivity contribution in [2.24, 2.45) is 46.3 Å². The van der Waals surface area contributed by atoms with Crippen LogP contribution in [0.15, 0.2) is 0 Å². The molecule has 4 nitrogen and oxygen atoms in total. The van der Waals surface area contributed by atoms with Crippen molar-refractivity contribution in [1.29, 1.82) is 0 Å². The summed E-state index contributed by atoms with van der Waals surface area (Å²) in [5.41, 5.74) is 0.523. The van der Waals surface area contributed by atoms with Gasteiger partial charge in [-0.25, -0.2) is 0 Å². The first-order valence-corrected chi connectivity index (χ1v) is 11.7. The van der Waals surface area contributed by atoms with Crippen molar-refractivity contribution in [1.82, 2.24) is 0 Å². The highest BCUT2D eigenvalue weighted by molar-refractivity contribution is 5.66. The Morgan fingerprint density at radius 1 is 1.00 bits per heavy atom. The fourth-order valence-electron chi connectivity index (χ4n) is 8.73. The SMILES string of the molecule is C[C@H](CCC(=O)O)[C@H]1CCC2C3C(CCC21C)[C@@]1(C)CC[C@@H](O)C[C@H]1C[C@H]3O. The van der Waals surface area contributed by atoms with Gasteiger partial charge in [0.1, 0.15) is 0 Å². The predicted molar refractivity (Wildman–Crippen MR) is 109 cm³/mol. The molecule has 0 saturated heterocycles. The lowest BCUT2D eigenvalue weighted by molar-refractivity contribution is -0.174. The third-order valence-electron chi connectivity index (χ3n) is 10.2. The summed E-state index contributed by atoms with van der Waals surface area (Å²) in [5, 5.41) is 30.5. The third-order valence-corrected chi connectivity index (χ3v) is 10.2. The van der Waals surface area contributed by atoms with Crippen LogP contribution in [0.2, 0.25) is 0 Å². The molecule has 4 saturated carbocycles. The van der Waals surface area contributed by atoms with E-state index in [0.29, 0.717) is 35.5 Å². The summed E-state index contributed by atoms with van der Waals surface area (Å²) < 4.78 is 0. The third kappa shape index (κ3) is 3.14. The molecule has 0 aromatic rings. The smallest absolute Gasteiger partial charge is 0.303 e. The van der Waals surface area contributed by atoms with Gasteiger partial charge in [0.25, 0.3) is 0 Å². The van der Waals surface area contributed by atoms with Crippen LogP contribution in [0.25, 0.3) is 0 Å². The van der Waals surface area contributed by atoms with Crippen LogP contribution in [0.5, 0.6) is 0 Å². The average molecular weight is 393 g/mol. The fourth-order valence-corrected chi connectivity index (χ4v) is 8.73. The fraction of sp³-hybridized carbons (Fsp3) is 0.958. The lowest BCUT2D eigenvalue weighted by atomic mass is 9.43. The highest BCUT2D eigenvalue weighted by atomic mass is 16.4. The Hall–Kier alpha value is -0.610. The highest BCUT2D eigenvalue weighted by Gasteiger charge is 2.62. The summed E-state index contributed by atoms with van der Waals surface area (Å²) in [7, 11) is 0. The van der Waals surface area contributed by atoms with Gasteiger partial charge in [0, 0.05) is 6.42 Å². The van der Waals surface area contributed by atoms with E-state index in [4.69, 9.17) is 5.11 Å². The standard InChI is InChI=1S/C24H40O4/c1-14(4-7-21(27)28)17-5-6-18-22-19(9-11-24(17,18)3)23(2)10-8-16(25)12-15(23)13-20(22)26/h14-20,22,25-26H,4-13H2,1-3H3,(H,27,28)/t14-,15+,16-,17-,18?,19?,20-,22?,23+,24?/m1/s1. The van der Waals surface area contributed by atoms with E-state index in [9.17, 15) is 15.0 Å². The molecule has 4 fully saturated rings. The van der Waals surface area contributed by atoms with E-state index in [0.717, 1.165) is 32.1 Å². The van der Waals surface area contributed by atoms with Gasteiger partial charge in [0.15, 0.2) is 0 Å². The zero-order valence-electron chi connectivity index (χ0n) is 17.9. The van der Waals surface area contributed by atoms with E-state index in [1.165, 1.54) is 25.7 Å². The number of aliphatic hydroxyl groups is 2. The number of hydrogen-bond donors (Lipinski definition) is 3. The van der Waals surface area contributed by atoms with E-state index in [1.54, 1.807) is 0 Å². The van der Waals surface area contributed by atoms with Gasteiger partial charge in [-0.15, -0.1) is 0 Å². The summed E-state index contributed by atoms with van der Waals surface area (Å²) in [6, 6.07) is 0. The van der Waals surface area contributed by atoms with Gasteiger partial charge >= 0.3 is 5.97 Å². The predicted octanol–water partition coefficient (Wildman–Crippen LogP) is 4.48. The number of carboxylic acids is 1. The van der Waals surface area contributed by atoms with Crippen LogP contribution in [0.3, 0.4) is 0 Å². The molecule has 4 aliphatic rings. The number of carboxylic acid groups (broad SMARTS) is 1. The summed E-state index contributed by atoms with van der Waals surface area (Å²) in [6.45, 7) is 7.16. The molecule has 0 amide bonds. The minimum Gasteiger partial charge on any atom is -0.481 e. The molecular weight excluding hydrogens is 352 g/mol. The van der Waals surface area contributed by atoms with Crippen LogP contribution in [0, 0.1) is 46.3 Å². The minimum absolute atomic E-state index is 0.179. The van der Waals surface area contributed by atoms with Gasteiger partial charge in [0.05, 0.1) is 12.2 Å². The number of rotatable bonds is 4. The molecule has 0 aromatic heterocycles. The maximum atomic E-state index is 11.2. The molecule has 28 heavy (non-hydrogen) atoms. The Morgan fingerprint density at radius 3 is 2.39 bits per heavy atom. The second kappa shape index (κ2) is 7.27. The van der Waals surface area contributed by atoms with Crippen LogP contribution in [0.1, 0.15) is 85.0 Å². The van der Waals surface area contributed by atoms with Gasteiger partial charge < -0.3 is 15.3 Å². The van der Waals surface area contributed by atoms with Crippen molar-refractivity contribution >= 4 is 5.97 Å². The van der Waals surface area contributed by atoms with Crippen LogP contribution < -0.4 is 0 Å². The molecule has 0 bridgehead atoms. The first-order valence-electron chi connectivity index (χ1n) is 11.7. The van der Waals surface area contributed by atoms with Gasteiger partial charge in [-0.3, -0.25) is 4.79 Å². The molecule has 10 atom stereocenters. The van der Waals surface area contributed by atoms with E-state index in [-0.39, 0.29) is 29.5 Å². The summed E-state index contributed by atoms with van der Waals surface area (Å²) in [5.74, 6) is 2.36. The molecule has 4 heteroatoms. The molecule has 3 N–H and O–H groups in total. The molecule has 4 unspecified atom stereocenters. The number of aliphatic carboxylic acids is 1. The molecule has 0 radical (unpaired) electrons. The largest absolute Gasteiger partial charge is 0.481 e. The first-order chi connectivity index (χ1) is 13.2. The second-order valence-corrected chi connectivity index (χ2v) is 11.4. The van der Waals surface area contributed by atoms with Gasteiger partial charge in [-0.1, -0.05) is 20.8 Å². The Bertz CT molecular complexity index is 605. The molecule has 4 aliphatic carbocycles. The van der Waals surface area contributed by atoms with Crippen molar-refractivity contribution < 1.29 is 20.1 Å². The first kappa shape index (κ1) is 20.7. The van der Waals surface area contributed by atoms with Gasteiger partial charge in [0.2, 0.25) is 0 Å². The molecule has 0 heterocycles. The van der Waals surface area contributed by atoms with Gasteiger partial charge in [-0.05, 0) is 104 Å². The normalized spacial score (nSPS) is 51.7. The second-order valence-electron chi connectivity index (χ2n) is 11.4. The Kier molecular flexibility index (Phi) is 5.36. The molecule has 160 valence electrons. The van der Waals surface area contributed by atoms with Crippen molar-refractivity contribution in [2.45, 2.75) is 97.2 Å². The Balaban J connectivity index is 1.55. The molecule has 4 rings (SSSR count). The molecule has 0 aliphatic heterocycles. The maximum absolute atomic E-state index is 11.2. The average Bonchev–Trinajstić information content (AvgIpc) is 2.98. The van der Waals surface area contributed by atoms with E-state index >= 15 is 0 Å². The molecule has 0 aromatic carbocycles. The van der Waals surface area contributed by atoms with E-state index in [1.807, 2.05) is 0 Å². The zero-order valence-corrected chi connectivity index (χ0v) is 17.9. The van der Waals surface area contributed by atoms with Crippen LogP contribution in [0.4, 0.5) is 0 Å². The van der Waals surface area contributed by atoms with Crippen LogP contribution in [-0.2, 0) is 4.79 Å². The van der Waals surface area contributed by atoms with Crippen LogP contribution in [-0.4, -0.2) is 33.5 Å². The van der Waals surface area contributed by atoms with E-state index in [2.05, 4.69) is 20.8 Å². The lowest BCUT2D eigenvalue weighted by Gasteiger charge is -2.62. The van der Waals surface area contributed by atoms with Crippen molar-refractivity contribution in [3.05, 3.63) is 0 Å². The van der Waals surface area contributed by atoms with Gasteiger partial charge in [-0.2, -0.15) is 0 Å². The molecule has 0 spiro atoms. The topological polar surface area (TPSA) is 77.8 Å². The zero-order chi connectivity index (χ0) is 20.3. The minimum atomic E-state index is -0.684. The summed E-state index contributed by atoms with van der Waals surface area (Å²) >= 11 is 0. The number of carbonyl (C=O) groups is 1. The van der Waals surface area contributed by atoms with Crippen LogP contribution >= 0.6 is 0 Å². The Labute approximate surface area is 170 Å². The monoisotopic (exact) mass is 392 g/mol. The number of aliphatic hydroxyl groups excluding tert-OH is 2. The highest BCUT2D eigenvalue weighted by Crippen LogP contribution is 2.68. The van der Waals surface area contributed by atoms with Crippen molar-refractivity contribution in [3.63, 3.8) is 0 Å². The van der Waals surface area contributed by atoms with Crippen molar-refractivity contribution in [3.8, 4) is 0 Å². The Morgan fingerprint density at radius 2 is 1.68 bits per heavy atom. The summed E-state index contributed by atoms with van der Waals surface area (Å²) in [6.07, 6.45) is 9.19. The van der Waals surface area contributed by atoms with E-state index < -0.39 is 5.97 Å².